The fourth-order valence-corrected chi connectivity index (χ4v) is 2.75. The summed E-state index contributed by atoms with van der Waals surface area (Å²) in [6.45, 7) is 5.37. The van der Waals surface area contributed by atoms with Gasteiger partial charge in [-0.1, -0.05) is 23.7 Å². The van der Waals surface area contributed by atoms with Gasteiger partial charge in [-0.25, -0.2) is 0 Å². The largest absolute Gasteiger partial charge is 0.505 e. The van der Waals surface area contributed by atoms with Gasteiger partial charge in [0.1, 0.15) is 11.5 Å². The number of carbonyl (C=O) groups is 1. The highest BCUT2D eigenvalue weighted by atomic mass is 35.5. The van der Waals surface area contributed by atoms with Gasteiger partial charge in [-0.3, -0.25) is 10.1 Å². The summed E-state index contributed by atoms with van der Waals surface area (Å²) >= 11 is 11.1. The molecule has 1 amide bonds. The minimum Gasteiger partial charge on any atom is -0.505 e. The Hall–Kier alpha value is -2.31. The Morgan fingerprint density at radius 3 is 2.60 bits per heavy atom. The molecule has 2 aromatic carbocycles. The molecule has 0 unspecified atom stereocenters. The second-order valence-corrected chi connectivity index (χ2v) is 6.52. The van der Waals surface area contributed by atoms with Crippen molar-refractivity contribution in [2.24, 2.45) is 0 Å². The van der Waals surface area contributed by atoms with E-state index in [9.17, 15) is 9.90 Å². The van der Waals surface area contributed by atoms with Crippen LogP contribution in [0.5, 0.6) is 11.5 Å². The summed E-state index contributed by atoms with van der Waals surface area (Å²) in [5.74, 6) is 0.0798. The molecule has 0 aromatic heterocycles. The van der Waals surface area contributed by atoms with Gasteiger partial charge in [-0.2, -0.15) is 0 Å². The molecule has 0 aliphatic carbocycles. The standard InChI is InChI=1S/C18H19ClN2O3S/c1-10-4-5-15(13(19)7-10)24-9-16(22)21-18(25)20-14-8-11(2)6-12(3)17(14)23/h4-8,23H,9H2,1-3H3,(H2,20,21,22,25). The number of aromatic hydroxyl groups is 1. The van der Waals surface area contributed by atoms with Crippen LogP contribution >= 0.6 is 23.8 Å². The molecule has 0 aliphatic rings. The van der Waals surface area contributed by atoms with E-state index < -0.39 is 5.91 Å². The number of nitrogens with one attached hydrogen (secondary N) is 2. The fraction of sp³-hybridized carbons (Fsp3) is 0.222. The van der Waals surface area contributed by atoms with Gasteiger partial charge >= 0.3 is 0 Å². The van der Waals surface area contributed by atoms with Gasteiger partial charge in [-0.15, -0.1) is 0 Å². The van der Waals surface area contributed by atoms with Crippen molar-refractivity contribution in [1.82, 2.24) is 5.32 Å². The van der Waals surface area contributed by atoms with E-state index in [4.69, 9.17) is 28.6 Å². The van der Waals surface area contributed by atoms with Crippen molar-refractivity contribution in [2.75, 3.05) is 11.9 Å². The Bertz CT molecular complexity index is 824. The first kappa shape index (κ1) is 19.0. The van der Waals surface area contributed by atoms with Crippen molar-refractivity contribution in [3.8, 4) is 11.5 Å². The molecule has 0 aliphatic heterocycles. The molecule has 2 rings (SSSR count). The number of phenolic OH excluding ortho intramolecular Hbond substituents is 1. The number of phenols is 1. The van der Waals surface area contributed by atoms with Crippen molar-refractivity contribution in [1.29, 1.82) is 0 Å². The maximum Gasteiger partial charge on any atom is 0.264 e. The highest BCUT2D eigenvalue weighted by Gasteiger charge is 2.11. The number of hydrogen-bond donors (Lipinski definition) is 3. The number of amides is 1. The van der Waals surface area contributed by atoms with Crippen LogP contribution in [0.1, 0.15) is 16.7 Å². The van der Waals surface area contributed by atoms with Gasteiger partial charge in [0.15, 0.2) is 11.7 Å². The Balaban J connectivity index is 1.91. The van der Waals surface area contributed by atoms with Crippen LogP contribution in [0.2, 0.25) is 5.02 Å². The van der Waals surface area contributed by atoms with Crippen molar-refractivity contribution in [3.63, 3.8) is 0 Å². The van der Waals surface area contributed by atoms with E-state index >= 15 is 0 Å². The second-order valence-electron chi connectivity index (χ2n) is 5.70. The van der Waals surface area contributed by atoms with Crippen LogP contribution < -0.4 is 15.4 Å². The number of anilines is 1. The lowest BCUT2D eigenvalue weighted by molar-refractivity contribution is -0.121. The molecule has 0 radical (unpaired) electrons. The third kappa shape index (κ3) is 5.34. The Morgan fingerprint density at radius 2 is 1.92 bits per heavy atom. The molecule has 0 saturated heterocycles. The summed E-state index contributed by atoms with van der Waals surface area (Å²) in [5.41, 5.74) is 3.11. The zero-order chi connectivity index (χ0) is 18.6. The van der Waals surface area contributed by atoms with E-state index in [0.29, 0.717) is 22.0 Å². The first-order valence-electron chi connectivity index (χ1n) is 7.56. The highest BCUT2D eigenvalue weighted by molar-refractivity contribution is 7.80. The summed E-state index contributed by atoms with van der Waals surface area (Å²) in [5, 5.41) is 15.9. The van der Waals surface area contributed by atoms with Gasteiger partial charge in [0.05, 0.1) is 10.7 Å². The number of hydrogen-bond acceptors (Lipinski definition) is 4. The first-order valence-corrected chi connectivity index (χ1v) is 8.35. The number of benzene rings is 2. The molecule has 0 atom stereocenters. The van der Waals surface area contributed by atoms with Crippen LogP contribution in [0.15, 0.2) is 30.3 Å². The van der Waals surface area contributed by atoms with Crippen molar-refractivity contribution in [3.05, 3.63) is 52.0 Å². The Morgan fingerprint density at radius 1 is 1.20 bits per heavy atom. The lowest BCUT2D eigenvalue weighted by atomic mass is 10.1. The lowest BCUT2D eigenvalue weighted by Gasteiger charge is -2.13. The number of rotatable bonds is 4. The third-order valence-electron chi connectivity index (χ3n) is 3.39. The van der Waals surface area contributed by atoms with E-state index in [-0.39, 0.29) is 17.5 Å². The molecule has 3 N–H and O–H groups in total. The van der Waals surface area contributed by atoms with Crippen molar-refractivity contribution in [2.45, 2.75) is 20.8 Å². The molecular formula is C18H19ClN2O3S. The van der Waals surface area contributed by atoms with Crippen LogP contribution in [-0.2, 0) is 4.79 Å². The smallest absolute Gasteiger partial charge is 0.264 e. The predicted molar refractivity (Wildman–Crippen MR) is 104 cm³/mol. The normalized spacial score (nSPS) is 10.2. The maximum absolute atomic E-state index is 11.9. The van der Waals surface area contributed by atoms with E-state index in [1.165, 1.54) is 0 Å². The van der Waals surface area contributed by atoms with Gasteiger partial charge in [0.25, 0.3) is 5.91 Å². The van der Waals surface area contributed by atoms with Crippen LogP contribution in [0.25, 0.3) is 0 Å². The average molecular weight is 379 g/mol. The monoisotopic (exact) mass is 378 g/mol. The van der Waals surface area contributed by atoms with Crippen LogP contribution in [0.4, 0.5) is 5.69 Å². The molecule has 0 bridgehead atoms. The number of carbonyl (C=O) groups excluding carboxylic acids is 1. The zero-order valence-corrected chi connectivity index (χ0v) is 15.7. The van der Waals surface area contributed by atoms with Crippen LogP contribution in [0, 0.1) is 20.8 Å². The minimum atomic E-state index is -0.432. The summed E-state index contributed by atoms with van der Waals surface area (Å²) in [4.78, 5) is 11.9. The van der Waals surface area contributed by atoms with E-state index in [1.54, 1.807) is 25.1 Å². The third-order valence-corrected chi connectivity index (χ3v) is 3.89. The number of ether oxygens (including phenoxy) is 1. The average Bonchev–Trinajstić information content (AvgIpc) is 2.51. The molecule has 0 saturated carbocycles. The molecule has 132 valence electrons. The molecule has 5 nitrogen and oxygen atoms in total. The van der Waals surface area contributed by atoms with E-state index in [2.05, 4.69) is 10.6 Å². The predicted octanol–water partition coefficient (Wildman–Crippen LogP) is 3.86. The van der Waals surface area contributed by atoms with Gasteiger partial charge in [0.2, 0.25) is 0 Å². The van der Waals surface area contributed by atoms with Gasteiger partial charge < -0.3 is 15.2 Å². The second kappa shape index (κ2) is 8.18. The summed E-state index contributed by atoms with van der Waals surface area (Å²) in [6.07, 6.45) is 0. The number of thiocarbonyl (C=S) groups is 1. The van der Waals surface area contributed by atoms with E-state index in [0.717, 1.165) is 11.1 Å². The highest BCUT2D eigenvalue weighted by Crippen LogP contribution is 2.28. The zero-order valence-electron chi connectivity index (χ0n) is 14.1. The van der Waals surface area contributed by atoms with Crippen molar-refractivity contribution >= 4 is 40.5 Å². The topological polar surface area (TPSA) is 70.6 Å². The number of halogens is 1. The fourth-order valence-electron chi connectivity index (χ4n) is 2.24. The maximum atomic E-state index is 11.9. The van der Waals surface area contributed by atoms with Crippen LogP contribution in [-0.4, -0.2) is 22.7 Å². The molecular weight excluding hydrogens is 360 g/mol. The summed E-state index contributed by atoms with van der Waals surface area (Å²) in [7, 11) is 0. The lowest BCUT2D eigenvalue weighted by Crippen LogP contribution is -2.37. The first-order chi connectivity index (χ1) is 11.8. The molecule has 25 heavy (non-hydrogen) atoms. The van der Waals surface area contributed by atoms with Crippen molar-refractivity contribution < 1.29 is 14.6 Å². The molecule has 2 aromatic rings. The number of aryl methyl sites for hydroxylation is 3. The molecule has 7 heteroatoms. The SMILES string of the molecule is Cc1ccc(OCC(=O)NC(=S)Nc2cc(C)cc(C)c2O)c(Cl)c1. The molecule has 0 fully saturated rings. The van der Waals surface area contributed by atoms with Gasteiger partial charge in [0, 0.05) is 0 Å². The van der Waals surface area contributed by atoms with Gasteiger partial charge in [-0.05, 0) is 67.9 Å². The molecule has 0 heterocycles. The summed E-state index contributed by atoms with van der Waals surface area (Å²) < 4.78 is 5.39. The Kier molecular flexibility index (Phi) is 6.22. The van der Waals surface area contributed by atoms with Crippen LogP contribution in [0.3, 0.4) is 0 Å². The molecule has 0 spiro atoms. The van der Waals surface area contributed by atoms with E-state index in [1.807, 2.05) is 26.0 Å². The minimum absolute atomic E-state index is 0.0731. The summed E-state index contributed by atoms with van der Waals surface area (Å²) in [6, 6.07) is 8.89. The Labute approximate surface area is 157 Å². The quantitative estimate of drug-likeness (QED) is 0.556.